The Morgan fingerprint density at radius 3 is 2.39 bits per heavy atom. The second-order valence-corrected chi connectivity index (χ2v) is 9.15. The second kappa shape index (κ2) is 6.04. The van der Waals surface area contributed by atoms with Crippen LogP contribution in [0.3, 0.4) is 0 Å². The van der Waals surface area contributed by atoms with E-state index in [-0.39, 0.29) is 0 Å². The van der Waals surface area contributed by atoms with Gasteiger partial charge in [0.15, 0.2) is 0 Å². The quantitative estimate of drug-likeness (QED) is 0.828. The summed E-state index contributed by atoms with van der Waals surface area (Å²) in [5.74, 6) is 2.43. The summed E-state index contributed by atoms with van der Waals surface area (Å²) in [4.78, 5) is 2.00. The van der Waals surface area contributed by atoms with Crippen LogP contribution in [-0.2, 0) is 10.0 Å². The molecule has 4 rings (SSSR count). The molecule has 2 fully saturated rings. The summed E-state index contributed by atoms with van der Waals surface area (Å²) in [7, 11) is -3.31. The number of fused-ring (bicyclic) bond motifs is 2. The van der Waals surface area contributed by atoms with E-state index in [1.807, 2.05) is 6.07 Å². The number of benzene rings is 1. The van der Waals surface area contributed by atoms with Crippen LogP contribution in [0.5, 0.6) is 0 Å². The molecule has 0 unspecified atom stereocenters. The normalized spacial score (nSPS) is 31.7. The summed E-state index contributed by atoms with van der Waals surface area (Å²) in [6, 6.07) is 8.81. The van der Waals surface area contributed by atoms with Crippen LogP contribution in [-0.4, -0.2) is 45.4 Å². The van der Waals surface area contributed by atoms with Gasteiger partial charge in [0.05, 0.1) is 37.6 Å². The SMILES string of the molecule is O=S(=O)(c1ccccc1)N1CC[NH+](C[C@@H]2C[C@H]3C=C[C@H]2C3)CC1. The fraction of sp³-hybridized carbons (Fsp3) is 0.556. The Balaban J connectivity index is 1.35. The number of piperazine rings is 1. The summed E-state index contributed by atoms with van der Waals surface area (Å²) in [6.45, 7) is 4.37. The molecule has 4 nitrogen and oxygen atoms in total. The van der Waals surface area contributed by atoms with Gasteiger partial charge < -0.3 is 4.90 Å². The summed E-state index contributed by atoms with van der Waals surface area (Å²) < 4.78 is 27.0. The Morgan fingerprint density at radius 2 is 1.78 bits per heavy atom. The van der Waals surface area contributed by atoms with Gasteiger partial charge in [0.2, 0.25) is 10.0 Å². The van der Waals surface area contributed by atoms with Gasteiger partial charge in [0.25, 0.3) is 0 Å². The first-order chi connectivity index (χ1) is 11.1. The Labute approximate surface area is 138 Å². The minimum Gasteiger partial charge on any atom is -0.332 e. The highest BCUT2D eigenvalue weighted by molar-refractivity contribution is 7.89. The largest absolute Gasteiger partial charge is 0.332 e. The lowest BCUT2D eigenvalue weighted by Gasteiger charge is -2.33. The molecule has 1 aromatic rings. The molecule has 2 aliphatic carbocycles. The van der Waals surface area contributed by atoms with E-state index < -0.39 is 10.0 Å². The number of hydrogen-bond donors (Lipinski definition) is 1. The Kier molecular flexibility index (Phi) is 4.03. The lowest BCUT2D eigenvalue weighted by Crippen LogP contribution is -3.15. The smallest absolute Gasteiger partial charge is 0.243 e. The van der Waals surface area contributed by atoms with Crippen LogP contribution in [0.15, 0.2) is 47.4 Å². The third kappa shape index (κ3) is 2.97. The fourth-order valence-corrected chi connectivity index (χ4v) is 5.95. The highest BCUT2D eigenvalue weighted by Gasteiger charge is 2.39. The van der Waals surface area contributed by atoms with Crippen molar-refractivity contribution in [2.24, 2.45) is 17.8 Å². The van der Waals surface area contributed by atoms with E-state index in [0.717, 1.165) is 30.8 Å². The zero-order chi connectivity index (χ0) is 15.9. The molecule has 3 aliphatic rings. The molecule has 1 saturated heterocycles. The molecule has 0 spiro atoms. The molecule has 2 bridgehead atoms. The first-order valence-electron chi connectivity index (χ1n) is 8.70. The van der Waals surface area contributed by atoms with E-state index in [1.54, 1.807) is 33.5 Å². The molecule has 1 N–H and O–H groups in total. The average Bonchev–Trinajstić information content (AvgIpc) is 3.19. The van der Waals surface area contributed by atoms with E-state index in [4.69, 9.17) is 0 Å². The molecular weight excluding hydrogens is 308 g/mol. The topological polar surface area (TPSA) is 41.8 Å². The van der Waals surface area contributed by atoms with Gasteiger partial charge in [0, 0.05) is 5.92 Å². The molecule has 23 heavy (non-hydrogen) atoms. The van der Waals surface area contributed by atoms with Gasteiger partial charge in [-0.15, -0.1) is 0 Å². The van der Waals surface area contributed by atoms with Crippen LogP contribution in [0.2, 0.25) is 0 Å². The Hall–Kier alpha value is -1.17. The number of quaternary nitrogens is 1. The maximum atomic E-state index is 12.7. The molecule has 0 radical (unpaired) electrons. The van der Waals surface area contributed by atoms with Crippen molar-refractivity contribution >= 4 is 10.0 Å². The Bertz CT molecular complexity index is 678. The minimum absolute atomic E-state index is 0.418. The van der Waals surface area contributed by atoms with E-state index in [9.17, 15) is 8.42 Å². The van der Waals surface area contributed by atoms with Gasteiger partial charge in [-0.3, -0.25) is 0 Å². The molecule has 1 aromatic carbocycles. The van der Waals surface area contributed by atoms with E-state index in [2.05, 4.69) is 12.2 Å². The van der Waals surface area contributed by atoms with Crippen LogP contribution in [0.25, 0.3) is 0 Å². The average molecular weight is 333 g/mol. The molecule has 1 saturated carbocycles. The molecule has 124 valence electrons. The zero-order valence-corrected chi connectivity index (χ0v) is 14.2. The monoisotopic (exact) mass is 333 g/mol. The molecule has 5 heteroatoms. The van der Waals surface area contributed by atoms with Crippen molar-refractivity contribution < 1.29 is 13.3 Å². The minimum atomic E-state index is -3.31. The number of sulfonamides is 1. The number of allylic oxidation sites excluding steroid dienone is 2. The molecule has 1 aliphatic heterocycles. The second-order valence-electron chi connectivity index (χ2n) is 7.21. The number of rotatable bonds is 4. The van der Waals surface area contributed by atoms with Crippen LogP contribution < -0.4 is 4.90 Å². The maximum absolute atomic E-state index is 12.7. The van der Waals surface area contributed by atoms with Crippen LogP contribution in [0.1, 0.15) is 12.8 Å². The van der Waals surface area contributed by atoms with Gasteiger partial charge >= 0.3 is 0 Å². The van der Waals surface area contributed by atoms with Crippen molar-refractivity contribution in [3.8, 4) is 0 Å². The predicted octanol–water partition coefficient (Wildman–Crippen LogP) is 0.788. The van der Waals surface area contributed by atoms with Gasteiger partial charge in [-0.05, 0) is 36.8 Å². The standard InChI is InChI=1S/C18H24N2O2S/c21-23(22,18-4-2-1-3-5-18)20-10-8-19(9-11-20)14-17-13-15-6-7-16(17)12-15/h1-7,15-17H,8-14H2/p+1/t15-,16-,17-/m0/s1. The van der Waals surface area contributed by atoms with Gasteiger partial charge in [-0.25, -0.2) is 8.42 Å². The fourth-order valence-electron chi connectivity index (χ4n) is 4.49. The summed E-state index contributed by atoms with van der Waals surface area (Å²) in [5, 5.41) is 0. The van der Waals surface area contributed by atoms with Crippen molar-refractivity contribution in [2.75, 3.05) is 32.7 Å². The summed E-state index contributed by atoms with van der Waals surface area (Å²) >= 11 is 0. The molecular formula is C18H25N2O2S+. The summed E-state index contributed by atoms with van der Waals surface area (Å²) in [6.07, 6.45) is 7.50. The van der Waals surface area contributed by atoms with Crippen molar-refractivity contribution in [1.29, 1.82) is 0 Å². The van der Waals surface area contributed by atoms with Crippen molar-refractivity contribution in [3.63, 3.8) is 0 Å². The van der Waals surface area contributed by atoms with Crippen molar-refractivity contribution in [3.05, 3.63) is 42.5 Å². The number of hydrogen-bond acceptors (Lipinski definition) is 2. The first kappa shape index (κ1) is 15.4. The lowest BCUT2D eigenvalue weighted by molar-refractivity contribution is -0.907. The molecule has 3 atom stereocenters. The molecule has 1 heterocycles. The number of nitrogens with one attached hydrogen (secondary N) is 1. The number of nitrogens with zero attached hydrogens (tertiary/aromatic N) is 1. The van der Waals surface area contributed by atoms with E-state index >= 15 is 0 Å². The van der Waals surface area contributed by atoms with E-state index in [1.165, 1.54) is 19.4 Å². The molecule has 0 amide bonds. The van der Waals surface area contributed by atoms with Crippen LogP contribution >= 0.6 is 0 Å². The highest BCUT2D eigenvalue weighted by atomic mass is 32.2. The Morgan fingerprint density at radius 1 is 1.04 bits per heavy atom. The van der Waals surface area contributed by atoms with Gasteiger partial charge in [-0.2, -0.15) is 4.31 Å². The van der Waals surface area contributed by atoms with E-state index in [0.29, 0.717) is 18.0 Å². The molecule has 0 aromatic heterocycles. The highest BCUT2D eigenvalue weighted by Crippen LogP contribution is 2.42. The maximum Gasteiger partial charge on any atom is 0.243 e. The first-order valence-corrected chi connectivity index (χ1v) is 10.1. The van der Waals surface area contributed by atoms with Crippen LogP contribution in [0.4, 0.5) is 0 Å². The van der Waals surface area contributed by atoms with Gasteiger partial charge in [-0.1, -0.05) is 30.4 Å². The lowest BCUT2D eigenvalue weighted by atomic mass is 9.93. The predicted molar refractivity (Wildman–Crippen MR) is 89.6 cm³/mol. The van der Waals surface area contributed by atoms with Crippen molar-refractivity contribution in [1.82, 2.24) is 4.31 Å². The van der Waals surface area contributed by atoms with Gasteiger partial charge in [0.1, 0.15) is 0 Å². The third-order valence-electron chi connectivity index (χ3n) is 5.78. The van der Waals surface area contributed by atoms with Crippen LogP contribution in [0, 0.1) is 17.8 Å². The van der Waals surface area contributed by atoms with Crippen molar-refractivity contribution in [2.45, 2.75) is 17.7 Å². The zero-order valence-electron chi connectivity index (χ0n) is 13.4. The third-order valence-corrected chi connectivity index (χ3v) is 7.69. The summed E-state index contributed by atoms with van der Waals surface area (Å²) in [5.41, 5.74) is 0.